The molecule has 0 bridgehead atoms. The molecule has 0 saturated carbocycles. The molecule has 0 aliphatic carbocycles. The van der Waals surface area contributed by atoms with E-state index in [9.17, 15) is 4.79 Å². The molecule has 18 heavy (non-hydrogen) atoms. The van der Waals surface area contributed by atoms with Gasteiger partial charge in [0.25, 0.3) is 0 Å². The number of nitrogens with zero attached hydrogens (tertiary/aromatic N) is 3. The normalized spacial score (nSPS) is 10.1. The third-order valence-electron chi connectivity index (χ3n) is 2.54. The standard InChI is InChI=1S/C13H15N3O2/c1-10-11(6-3-4-9-15-16-14)7-5-8-12(10)13(17)18-2/h3,5-8H,4,9H2,1-2H3. The maximum Gasteiger partial charge on any atom is 0.338 e. The summed E-state index contributed by atoms with van der Waals surface area (Å²) in [6, 6.07) is 5.47. The van der Waals surface area contributed by atoms with Crippen molar-refractivity contribution in [1.82, 2.24) is 0 Å². The van der Waals surface area contributed by atoms with Gasteiger partial charge in [-0.2, -0.15) is 0 Å². The molecule has 0 saturated heterocycles. The lowest BCUT2D eigenvalue weighted by Crippen LogP contribution is -2.04. The Morgan fingerprint density at radius 2 is 2.33 bits per heavy atom. The summed E-state index contributed by atoms with van der Waals surface area (Å²) in [5, 5.41) is 3.44. The Morgan fingerprint density at radius 3 is 3.00 bits per heavy atom. The van der Waals surface area contributed by atoms with Gasteiger partial charge in [-0.25, -0.2) is 4.79 Å². The van der Waals surface area contributed by atoms with E-state index in [1.165, 1.54) is 7.11 Å². The predicted octanol–water partition coefficient (Wildman–Crippen LogP) is 3.50. The number of carbonyl (C=O) groups is 1. The Hall–Kier alpha value is -2.26. The predicted molar refractivity (Wildman–Crippen MR) is 70.2 cm³/mol. The Kier molecular flexibility index (Phi) is 5.48. The average molecular weight is 245 g/mol. The van der Waals surface area contributed by atoms with Crippen LogP contribution in [0, 0.1) is 6.92 Å². The topological polar surface area (TPSA) is 75.1 Å². The first-order chi connectivity index (χ1) is 8.70. The summed E-state index contributed by atoms with van der Waals surface area (Å²) in [7, 11) is 1.37. The van der Waals surface area contributed by atoms with Gasteiger partial charge in [0.2, 0.25) is 0 Å². The van der Waals surface area contributed by atoms with Gasteiger partial charge in [0, 0.05) is 11.5 Å². The van der Waals surface area contributed by atoms with Crippen molar-refractivity contribution in [2.24, 2.45) is 5.11 Å². The fraction of sp³-hybridized carbons (Fsp3) is 0.308. The lowest BCUT2D eigenvalue weighted by Gasteiger charge is -2.06. The van der Waals surface area contributed by atoms with E-state index in [0.717, 1.165) is 11.1 Å². The first-order valence-corrected chi connectivity index (χ1v) is 5.56. The number of azide groups is 1. The Bertz CT molecular complexity index is 503. The van der Waals surface area contributed by atoms with Crippen molar-refractivity contribution in [3.05, 3.63) is 51.4 Å². The minimum Gasteiger partial charge on any atom is -0.465 e. The molecule has 1 aromatic carbocycles. The zero-order valence-electron chi connectivity index (χ0n) is 10.5. The van der Waals surface area contributed by atoms with Gasteiger partial charge in [0.15, 0.2) is 0 Å². The highest BCUT2D eigenvalue weighted by Gasteiger charge is 2.09. The van der Waals surface area contributed by atoms with E-state index in [2.05, 4.69) is 10.0 Å². The number of ether oxygens (including phenoxy) is 1. The van der Waals surface area contributed by atoms with Crippen molar-refractivity contribution in [1.29, 1.82) is 0 Å². The number of hydrogen-bond acceptors (Lipinski definition) is 3. The second kappa shape index (κ2) is 7.14. The van der Waals surface area contributed by atoms with Crippen LogP contribution >= 0.6 is 0 Å². The van der Waals surface area contributed by atoms with Gasteiger partial charge >= 0.3 is 5.97 Å². The number of rotatable bonds is 5. The molecule has 0 N–H and O–H groups in total. The van der Waals surface area contributed by atoms with Crippen LogP contribution in [0.1, 0.15) is 27.9 Å². The average Bonchev–Trinajstić information content (AvgIpc) is 2.39. The maximum absolute atomic E-state index is 11.5. The van der Waals surface area contributed by atoms with Gasteiger partial charge in [-0.3, -0.25) is 0 Å². The summed E-state index contributed by atoms with van der Waals surface area (Å²) in [6.45, 7) is 2.31. The highest BCUT2D eigenvalue weighted by Crippen LogP contribution is 2.16. The van der Waals surface area contributed by atoms with E-state index in [0.29, 0.717) is 18.5 Å². The summed E-state index contributed by atoms with van der Waals surface area (Å²) >= 11 is 0. The number of hydrogen-bond donors (Lipinski definition) is 0. The fourth-order valence-electron chi connectivity index (χ4n) is 1.55. The van der Waals surface area contributed by atoms with Gasteiger partial charge in [-0.05, 0) is 36.1 Å². The largest absolute Gasteiger partial charge is 0.465 e. The van der Waals surface area contributed by atoms with Crippen LogP contribution in [0.3, 0.4) is 0 Å². The summed E-state index contributed by atoms with van der Waals surface area (Å²) in [5.74, 6) is -0.336. The molecule has 1 aromatic rings. The molecule has 0 heterocycles. The molecule has 5 heteroatoms. The van der Waals surface area contributed by atoms with E-state index in [1.807, 2.05) is 31.2 Å². The molecule has 0 aromatic heterocycles. The van der Waals surface area contributed by atoms with Crippen molar-refractivity contribution in [2.45, 2.75) is 13.3 Å². The van der Waals surface area contributed by atoms with Gasteiger partial charge in [-0.1, -0.05) is 29.4 Å². The Labute approximate surface area is 106 Å². The van der Waals surface area contributed by atoms with Crippen LogP contribution in [0.25, 0.3) is 16.5 Å². The molecule has 0 radical (unpaired) electrons. The third-order valence-corrected chi connectivity index (χ3v) is 2.54. The minimum atomic E-state index is -0.336. The van der Waals surface area contributed by atoms with Crippen molar-refractivity contribution < 1.29 is 9.53 Å². The number of esters is 1. The van der Waals surface area contributed by atoms with Crippen LogP contribution in [-0.4, -0.2) is 19.6 Å². The van der Waals surface area contributed by atoms with Crippen LogP contribution in [-0.2, 0) is 4.74 Å². The molecule has 5 nitrogen and oxygen atoms in total. The number of benzene rings is 1. The number of carbonyl (C=O) groups excluding carboxylic acids is 1. The van der Waals surface area contributed by atoms with Crippen molar-refractivity contribution in [3.63, 3.8) is 0 Å². The minimum absolute atomic E-state index is 0.336. The van der Waals surface area contributed by atoms with Crippen LogP contribution in [0.15, 0.2) is 29.4 Å². The number of methoxy groups -OCH3 is 1. The zero-order chi connectivity index (χ0) is 13.4. The second-order valence-corrected chi connectivity index (χ2v) is 3.66. The van der Waals surface area contributed by atoms with Gasteiger partial charge in [0.05, 0.1) is 12.7 Å². The molecule has 0 aliphatic rings. The van der Waals surface area contributed by atoms with Crippen molar-refractivity contribution in [2.75, 3.05) is 13.7 Å². The Morgan fingerprint density at radius 1 is 1.56 bits per heavy atom. The lowest BCUT2D eigenvalue weighted by atomic mass is 10.0. The third kappa shape index (κ3) is 3.64. The molecular weight excluding hydrogens is 230 g/mol. The summed E-state index contributed by atoms with van der Waals surface area (Å²) in [4.78, 5) is 14.2. The highest BCUT2D eigenvalue weighted by atomic mass is 16.5. The Balaban J connectivity index is 2.83. The molecule has 0 aliphatic heterocycles. The van der Waals surface area contributed by atoms with E-state index < -0.39 is 0 Å². The first kappa shape index (κ1) is 13.8. The SMILES string of the molecule is COC(=O)c1cccc(C=CCCN=[N+]=[N-])c1C. The quantitative estimate of drug-likeness (QED) is 0.262. The molecule has 0 spiro atoms. The monoisotopic (exact) mass is 245 g/mol. The maximum atomic E-state index is 11.5. The summed E-state index contributed by atoms with van der Waals surface area (Å²) in [5.41, 5.74) is 10.5. The van der Waals surface area contributed by atoms with Crippen molar-refractivity contribution in [3.8, 4) is 0 Å². The lowest BCUT2D eigenvalue weighted by molar-refractivity contribution is 0.0600. The zero-order valence-corrected chi connectivity index (χ0v) is 10.5. The van der Waals surface area contributed by atoms with Crippen LogP contribution in [0.2, 0.25) is 0 Å². The van der Waals surface area contributed by atoms with Crippen LogP contribution < -0.4 is 0 Å². The molecule has 0 atom stereocenters. The van der Waals surface area contributed by atoms with Gasteiger partial charge in [0.1, 0.15) is 0 Å². The molecule has 1 rings (SSSR count). The van der Waals surface area contributed by atoms with E-state index in [-0.39, 0.29) is 5.97 Å². The molecule has 0 amide bonds. The molecular formula is C13H15N3O2. The smallest absolute Gasteiger partial charge is 0.338 e. The second-order valence-electron chi connectivity index (χ2n) is 3.66. The van der Waals surface area contributed by atoms with Crippen molar-refractivity contribution >= 4 is 12.0 Å². The van der Waals surface area contributed by atoms with Crippen LogP contribution in [0.4, 0.5) is 0 Å². The molecule has 0 fully saturated rings. The van der Waals surface area contributed by atoms with Gasteiger partial charge < -0.3 is 4.74 Å². The fourth-order valence-corrected chi connectivity index (χ4v) is 1.55. The summed E-state index contributed by atoms with van der Waals surface area (Å²) < 4.78 is 4.71. The van der Waals surface area contributed by atoms with Gasteiger partial charge in [-0.15, -0.1) is 0 Å². The van der Waals surface area contributed by atoms with E-state index in [4.69, 9.17) is 10.3 Å². The highest BCUT2D eigenvalue weighted by molar-refractivity contribution is 5.92. The van der Waals surface area contributed by atoms with E-state index >= 15 is 0 Å². The van der Waals surface area contributed by atoms with E-state index in [1.54, 1.807) is 6.07 Å². The summed E-state index contributed by atoms with van der Waals surface area (Å²) in [6.07, 6.45) is 4.50. The van der Waals surface area contributed by atoms with Crippen LogP contribution in [0.5, 0.6) is 0 Å². The molecule has 0 unspecified atom stereocenters. The molecule has 94 valence electrons. The first-order valence-electron chi connectivity index (χ1n) is 5.56.